The number of hydrogen-bond acceptors (Lipinski definition) is 1. The van der Waals surface area contributed by atoms with Crippen LogP contribution in [0.5, 0.6) is 0 Å². The summed E-state index contributed by atoms with van der Waals surface area (Å²) < 4.78 is 25.9. The Balaban J connectivity index is 1.59. The first-order chi connectivity index (χ1) is 10.1. The van der Waals surface area contributed by atoms with E-state index in [4.69, 9.17) is 0 Å². The summed E-state index contributed by atoms with van der Waals surface area (Å²) >= 11 is 0. The van der Waals surface area contributed by atoms with Gasteiger partial charge in [-0.1, -0.05) is 30.3 Å². The zero-order valence-corrected chi connectivity index (χ0v) is 11.4. The maximum atomic E-state index is 13.1. The molecule has 0 saturated carbocycles. The van der Waals surface area contributed by atoms with E-state index in [2.05, 4.69) is 5.32 Å². The van der Waals surface area contributed by atoms with Gasteiger partial charge in [0.1, 0.15) is 0 Å². The van der Waals surface area contributed by atoms with Gasteiger partial charge in [0.2, 0.25) is 5.91 Å². The van der Waals surface area contributed by atoms with Crippen LogP contribution < -0.4 is 5.32 Å². The molecule has 108 valence electrons. The van der Waals surface area contributed by atoms with Gasteiger partial charge in [-0.05, 0) is 41.7 Å². The Labute approximate surface area is 121 Å². The minimum Gasteiger partial charge on any atom is -0.352 e. The Kier molecular flexibility index (Phi) is 3.69. The van der Waals surface area contributed by atoms with Crippen LogP contribution in [0.3, 0.4) is 0 Å². The van der Waals surface area contributed by atoms with Crippen molar-refractivity contribution in [1.29, 1.82) is 0 Å². The van der Waals surface area contributed by atoms with Crippen molar-refractivity contribution in [3.63, 3.8) is 0 Å². The monoisotopic (exact) mass is 287 g/mol. The lowest BCUT2D eigenvalue weighted by molar-refractivity contribution is -0.124. The van der Waals surface area contributed by atoms with Gasteiger partial charge in [-0.3, -0.25) is 4.79 Å². The van der Waals surface area contributed by atoms with E-state index in [0.29, 0.717) is 5.56 Å². The molecule has 0 unspecified atom stereocenters. The maximum absolute atomic E-state index is 13.1. The third-order valence-electron chi connectivity index (χ3n) is 3.87. The van der Waals surface area contributed by atoms with E-state index in [1.54, 1.807) is 0 Å². The molecule has 2 aromatic carbocycles. The van der Waals surface area contributed by atoms with Crippen LogP contribution in [0.2, 0.25) is 0 Å². The van der Waals surface area contributed by atoms with Crippen LogP contribution in [-0.4, -0.2) is 5.91 Å². The van der Waals surface area contributed by atoms with Gasteiger partial charge in [0.25, 0.3) is 0 Å². The lowest BCUT2D eigenvalue weighted by Crippen LogP contribution is -2.30. The van der Waals surface area contributed by atoms with Crippen LogP contribution in [-0.2, 0) is 24.2 Å². The molecule has 1 amide bonds. The number of carbonyl (C=O) groups excluding carboxylic acids is 1. The number of nitrogens with one attached hydrogen (secondary N) is 1. The summed E-state index contributed by atoms with van der Waals surface area (Å²) in [5.74, 6) is -1.89. The number of carbonyl (C=O) groups is 1. The SMILES string of the molecule is O=C(NCc1ccc(F)c(F)c1)C1Cc2ccccc2C1. The number of amides is 1. The standard InChI is InChI=1S/C17H15F2NO/c18-15-6-5-11(7-16(15)19)10-20-17(21)14-8-12-3-1-2-4-13(12)9-14/h1-7,14H,8-10H2,(H,20,21). The second-order valence-corrected chi connectivity index (χ2v) is 5.34. The lowest BCUT2D eigenvalue weighted by atomic mass is 10.1. The second-order valence-electron chi connectivity index (χ2n) is 5.34. The van der Waals surface area contributed by atoms with Crippen LogP contribution in [0.1, 0.15) is 16.7 Å². The molecule has 1 aliphatic rings. The first-order valence-electron chi connectivity index (χ1n) is 6.92. The second kappa shape index (κ2) is 5.64. The number of fused-ring (bicyclic) bond motifs is 1. The van der Waals surface area contributed by atoms with Gasteiger partial charge in [-0.2, -0.15) is 0 Å². The first kappa shape index (κ1) is 13.7. The molecule has 3 rings (SSSR count). The van der Waals surface area contributed by atoms with Crippen LogP contribution in [0, 0.1) is 17.6 Å². The Morgan fingerprint density at radius 2 is 1.71 bits per heavy atom. The molecule has 0 bridgehead atoms. The largest absolute Gasteiger partial charge is 0.352 e. The van der Waals surface area contributed by atoms with Crippen molar-refractivity contribution in [2.45, 2.75) is 19.4 Å². The summed E-state index contributed by atoms with van der Waals surface area (Å²) in [6.45, 7) is 0.211. The maximum Gasteiger partial charge on any atom is 0.224 e. The molecule has 2 nitrogen and oxygen atoms in total. The third-order valence-corrected chi connectivity index (χ3v) is 3.87. The highest BCUT2D eigenvalue weighted by Crippen LogP contribution is 2.26. The van der Waals surface area contributed by atoms with E-state index < -0.39 is 11.6 Å². The van der Waals surface area contributed by atoms with Gasteiger partial charge in [0.05, 0.1) is 0 Å². The average molecular weight is 287 g/mol. The normalized spacial score (nSPS) is 14.0. The molecule has 0 fully saturated rings. The van der Waals surface area contributed by atoms with E-state index in [0.717, 1.165) is 25.0 Å². The fourth-order valence-electron chi connectivity index (χ4n) is 2.73. The summed E-state index contributed by atoms with van der Waals surface area (Å²) in [5, 5.41) is 2.79. The summed E-state index contributed by atoms with van der Waals surface area (Å²) in [7, 11) is 0. The molecule has 2 aromatic rings. The predicted molar refractivity (Wildman–Crippen MR) is 75.5 cm³/mol. The van der Waals surface area contributed by atoms with Gasteiger partial charge in [0.15, 0.2) is 11.6 Å². The molecule has 0 heterocycles. The lowest BCUT2D eigenvalue weighted by Gasteiger charge is -2.10. The van der Waals surface area contributed by atoms with E-state index in [-0.39, 0.29) is 18.4 Å². The molecule has 4 heteroatoms. The molecule has 0 atom stereocenters. The van der Waals surface area contributed by atoms with Gasteiger partial charge in [-0.15, -0.1) is 0 Å². The molecule has 1 N–H and O–H groups in total. The quantitative estimate of drug-likeness (QED) is 0.924. The summed E-state index contributed by atoms with van der Waals surface area (Å²) in [6.07, 6.45) is 1.47. The van der Waals surface area contributed by atoms with Gasteiger partial charge < -0.3 is 5.32 Å². The molecule has 0 saturated heterocycles. The van der Waals surface area contributed by atoms with Crippen molar-refractivity contribution in [2.24, 2.45) is 5.92 Å². The van der Waals surface area contributed by atoms with E-state index >= 15 is 0 Å². The molecule has 21 heavy (non-hydrogen) atoms. The van der Waals surface area contributed by atoms with E-state index in [1.807, 2.05) is 24.3 Å². The summed E-state index contributed by atoms with van der Waals surface area (Å²) in [6, 6.07) is 11.7. The highest BCUT2D eigenvalue weighted by Gasteiger charge is 2.26. The van der Waals surface area contributed by atoms with Crippen molar-refractivity contribution in [3.8, 4) is 0 Å². The highest BCUT2D eigenvalue weighted by molar-refractivity contribution is 5.80. The minimum atomic E-state index is -0.893. The topological polar surface area (TPSA) is 29.1 Å². The van der Waals surface area contributed by atoms with E-state index in [1.165, 1.54) is 17.2 Å². The number of halogens is 2. The molecule has 0 aliphatic heterocycles. The highest BCUT2D eigenvalue weighted by atomic mass is 19.2. The number of hydrogen-bond donors (Lipinski definition) is 1. The minimum absolute atomic E-state index is 0.0454. The zero-order valence-electron chi connectivity index (χ0n) is 11.4. The van der Waals surface area contributed by atoms with Crippen molar-refractivity contribution in [3.05, 3.63) is 70.8 Å². The van der Waals surface area contributed by atoms with Gasteiger partial charge in [-0.25, -0.2) is 8.78 Å². The Hall–Kier alpha value is -2.23. The van der Waals surface area contributed by atoms with Crippen molar-refractivity contribution < 1.29 is 13.6 Å². The van der Waals surface area contributed by atoms with Crippen LogP contribution in [0.25, 0.3) is 0 Å². The molecule has 1 aliphatic carbocycles. The van der Waals surface area contributed by atoms with Crippen molar-refractivity contribution in [2.75, 3.05) is 0 Å². The first-order valence-corrected chi connectivity index (χ1v) is 6.92. The molecule has 0 aromatic heterocycles. The van der Waals surface area contributed by atoms with Crippen LogP contribution in [0.4, 0.5) is 8.78 Å². The summed E-state index contributed by atoms with van der Waals surface area (Å²) in [5.41, 5.74) is 2.98. The molecular formula is C17H15F2NO. The van der Waals surface area contributed by atoms with Crippen LogP contribution in [0.15, 0.2) is 42.5 Å². The van der Waals surface area contributed by atoms with Gasteiger partial charge >= 0.3 is 0 Å². The predicted octanol–water partition coefficient (Wildman–Crippen LogP) is 3.00. The number of benzene rings is 2. The molecule has 0 spiro atoms. The fourth-order valence-corrected chi connectivity index (χ4v) is 2.73. The smallest absolute Gasteiger partial charge is 0.224 e. The van der Waals surface area contributed by atoms with E-state index in [9.17, 15) is 13.6 Å². The average Bonchev–Trinajstić information content (AvgIpc) is 2.92. The summed E-state index contributed by atoms with van der Waals surface area (Å²) in [4.78, 5) is 12.2. The Morgan fingerprint density at radius 1 is 1.05 bits per heavy atom. The van der Waals surface area contributed by atoms with Crippen molar-refractivity contribution in [1.82, 2.24) is 5.32 Å². The van der Waals surface area contributed by atoms with Gasteiger partial charge in [0, 0.05) is 12.5 Å². The molecular weight excluding hydrogens is 272 g/mol. The Bertz CT molecular complexity index is 659. The van der Waals surface area contributed by atoms with Crippen molar-refractivity contribution >= 4 is 5.91 Å². The number of rotatable bonds is 3. The zero-order chi connectivity index (χ0) is 14.8. The molecule has 0 radical (unpaired) electrons. The fraction of sp³-hybridized carbons (Fsp3) is 0.235. The third kappa shape index (κ3) is 2.94. The Morgan fingerprint density at radius 3 is 2.33 bits per heavy atom. The van der Waals surface area contributed by atoms with Crippen LogP contribution >= 0.6 is 0 Å².